The lowest BCUT2D eigenvalue weighted by atomic mass is 10.1. The number of nitrogens with one attached hydrogen (secondary N) is 1. The molecule has 0 saturated heterocycles. The van der Waals surface area contributed by atoms with E-state index in [1.807, 2.05) is 25.2 Å². The molecule has 2 aromatic carbocycles. The summed E-state index contributed by atoms with van der Waals surface area (Å²) in [5.74, 6) is -1.67. The summed E-state index contributed by atoms with van der Waals surface area (Å²) in [4.78, 5) is 10.8. The fraction of sp³-hybridized carbons (Fsp3) is 0.125. The molecule has 0 radical (unpaired) electrons. The molecule has 112 valence electrons. The van der Waals surface area contributed by atoms with Crippen molar-refractivity contribution in [3.05, 3.63) is 59.5 Å². The van der Waals surface area contributed by atoms with E-state index < -0.39 is 11.8 Å². The van der Waals surface area contributed by atoms with Gasteiger partial charge in [-0.2, -0.15) is 5.10 Å². The Bertz CT molecular complexity index is 858. The van der Waals surface area contributed by atoms with E-state index in [1.54, 1.807) is 10.9 Å². The second-order valence-corrected chi connectivity index (χ2v) is 5.01. The maximum atomic E-state index is 13.9. The topological polar surface area (TPSA) is 67.2 Å². The van der Waals surface area contributed by atoms with Gasteiger partial charge in [-0.05, 0) is 30.3 Å². The average Bonchev–Trinajstić information content (AvgIpc) is 2.87. The van der Waals surface area contributed by atoms with E-state index in [1.165, 1.54) is 12.1 Å². The van der Waals surface area contributed by atoms with Gasteiger partial charge in [0.25, 0.3) is 0 Å². The molecule has 0 fully saturated rings. The summed E-state index contributed by atoms with van der Waals surface area (Å²) in [7, 11) is 1.86. The molecule has 0 spiro atoms. The fourth-order valence-corrected chi connectivity index (χ4v) is 2.28. The van der Waals surface area contributed by atoms with Gasteiger partial charge in [-0.25, -0.2) is 9.18 Å². The Morgan fingerprint density at radius 2 is 2.14 bits per heavy atom. The van der Waals surface area contributed by atoms with Crippen LogP contribution in [0, 0.1) is 5.82 Å². The van der Waals surface area contributed by atoms with Gasteiger partial charge in [-0.3, -0.25) is 4.68 Å². The smallest absolute Gasteiger partial charge is 0.335 e. The normalized spacial score (nSPS) is 10.8. The standard InChI is InChI=1S/C16H14FN3O2/c1-20-15-7-13(5-4-12(15)9-19-20)18-8-11-3-2-10(16(21)22)6-14(11)17/h2-7,9,18H,8H2,1H3,(H,21,22). The third-order valence-corrected chi connectivity index (χ3v) is 3.53. The summed E-state index contributed by atoms with van der Waals surface area (Å²) in [6.45, 7) is 0.273. The number of benzene rings is 2. The molecule has 3 rings (SSSR count). The minimum atomic E-state index is -1.14. The summed E-state index contributed by atoms with van der Waals surface area (Å²) >= 11 is 0. The highest BCUT2D eigenvalue weighted by Gasteiger charge is 2.08. The van der Waals surface area contributed by atoms with Crippen molar-refractivity contribution in [2.45, 2.75) is 6.54 Å². The molecule has 1 heterocycles. The van der Waals surface area contributed by atoms with Crippen LogP contribution in [0.3, 0.4) is 0 Å². The van der Waals surface area contributed by atoms with Gasteiger partial charge >= 0.3 is 5.97 Å². The maximum absolute atomic E-state index is 13.9. The van der Waals surface area contributed by atoms with Gasteiger partial charge in [0.1, 0.15) is 5.82 Å². The lowest BCUT2D eigenvalue weighted by Crippen LogP contribution is -2.04. The molecule has 2 N–H and O–H groups in total. The van der Waals surface area contributed by atoms with Crippen molar-refractivity contribution in [2.24, 2.45) is 7.05 Å². The number of nitrogens with zero attached hydrogens (tertiary/aromatic N) is 2. The Morgan fingerprint density at radius 3 is 2.86 bits per heavy atom. The SMILES string of the molecule is Cn1ncc2ccc(NCc3ccc(C(=O)O)cc3F)cc21. The third-order valence-electron chi connectivity index (χ3n) is 3.53. The number of carbonyl (C=O) groups is 1. The quantitative estimate of drug-likeness (QED) is 0.777. The van der Waals surface area contributed by atoms with Crippen LogP contribution in [0.25, 0.3) is 10.9 Å². The second-order valence-electron chi connectivity index (χ2n) is 5.01. The maximum Gasteiger partial charge on any atom is 0.335 e. The summed E-state index contributed by atoms with van der Waals surface area (Å²) in [6, 6.07) is 9.68. The number of carboxylic acid groups (broad SMARTS) is 1. The van der Waals surface area contributed by atoms with E-state index in [-0.39, 0.29) is 12.1 Å². The van der Waals surface area contributed by atoms with Crippen LogP contribution in [0.4, 0.5) is 10.1 Å². The first-order chi connectivity index (χ1) is 10.5. The Labute approximate surface area is 126 Å². The summed E-state index contributed by atoms with van der Waals surface area (Å²) < 4.78 is 15.6. The predicted octanol–water partition coefficient (Wildman–Crippen LogP) is 3.02. The van der Waals surface area contributed by atoms with Gasteiger partial charge in [-0.15, -0.1) is 0 Å². The summed E-state index contributed by atoms with van der Waals surface area (Å²) in [5.41, 5.74) is 2.18. The van der Waals surface area contributed by atoms with Gasteiger partial charge in [0, 0.05) is 30.2 Å². The number of aryl methyl sites for hydroxylation is 1. The molecule has 5 nitrogen and oxygen atoms in total. The van der Waals surface area contributed by atoms with E-state index >= 15 is 0 Å². The number of halogens is 1. The third kappa shape index (κ3) is 2.63. The van der Waals surface area contributed by atoms with Crippen molar-refractivity contribution in [3.8, 4) is 0 Å². The van der Waals surface area contributed by atoms with Crippen LogP contribution in [0.5, 0.6) is 0 Å². The van der Waals surface area contributed by atoms with Crippen molar-refractivity contribution in [2.75, 3.05) is 5.32 Å². The molecule has 0 bridgehead atoms. The van der Waals surface area contributed by atoms with E-state index in [0.29, 0.717) is 5.56 Å². The van der Waals surface area contributed by atoms with Crippen molar-refractivity contribution in [1.29, 1.82) is 0 Å². The van der Waals surface area contributed by atoms with E-state index in [2.05, 4.69) is 10.4 Å². The van der Waals surface area contributed by atoms with E-state index in [0.717, 1.165) is 22.7 Å². The van der Waals surface area contributed by atoms with Gasteiger partial charge in [0.05, 0.1) is 17.3 Å². The minimum absolute atomic E-state index is 0.0578. The lowest BCUT2D eigenvalue weighted by molar-refractivity contribution is 0.0696. The number of aromatic carboxylic acids is 1. The van der Waals surface area contributed by atoms with Crippen molar-refractivity contribution < 1.29 is 14.3 Å². The zero-order valence-corrected chi connectivity index (χ0v) is 11.9. The number of fused-ring (bicyclic) bond motifs is 1. The molecule has 0 unspecified atom stereocenters. The van der Waals surface area contributed by atoms with E-state index in [4.69, 9.17) is 5.11 Å². The van der Waals surface area contributed by atoms with Crippen LogP contribution in [0.1, 0.15) is 15.9 Å². The largest absolute Gasteiger partial charge is 0.478 e. The first-order valence-electron chi connectivity index (χ1n) is 6.72. The Morgan fingerprint density at radius 1 is 1.32 bits per heavy atom. The molecule has 1 aromatic heterocycles. The highest BCUT2D eigenvalue weighted by molar-refractivity contribution is 5.87. The molecule has 6 heteroatoms. The molecule has 0 saturated carbocycles. The zero-order valence-electron chi connectivity index (χ0n) is 11.9. The van der Waals surface area contributed by atoms with Gasteiger partial charge < -0.3 is 10.4 Å². The zero-order chi connectivity index (χ0) is 15.7. The Hall–Kier alpha value is -2.89. The number of aromatic nitrogens is 2. The highest BCUT2D eigenvalue weighted by Crippen LogP contribution is 2.19. The minimum Gasteiger partial charge on any atom is -0.478 e. The number of carboxylic acids is 1. The van der Waals surface area contributed by atoms with Crippen LogP contribution >= 0.6 is 0 Å². The number of rotatable bonds is 4. The molecule has 0 atom stereocenters. The highest BCUT2D eigenvalue weighted by atomic mass is 19.1. The summed E-state index contributed by atoms with van der Waals surface area (Å²) in [6.07, 6.45) is 1.78. The molecule has 3 aromatic rings. The van der Waals surface area contributed by atoms with Gasteiger partial charge in [-0.1, -0.05) is 6.07 Å². The first kappa shape index (κ1) is 14.1. The second kappa shape index (κ2) is 5.48. The Kier molecular flexibility index (Phi) is 3.50. The average molecular weight is 299 g/mol. The molecule has 0 amide bonds. The van der Waals surface area contributed by atoms with Gasteiger partial charge in [0.2, 0.25) is 0 Å². The van der Waals surface area contributed by atoms with Crippen LogP contribution in [-0.2, 0) is 13.6 Å². The number of anilines is 1. The monoisotopic (exact) mass is 299 g/mol. The Balaban J connectivity index is 1.78. The van der Waals surface area contributed by atoms with Crippen LogP contribution in [0.15, 0.2) is 42.6 Å². The number of hydrogen-bond acceptors (Lipinski definition) is 3. The number of hydrogen-bond donors (Lipinski definition) is 2. The van der Waals surface area contributed by atoms with Crippen LogP contribution < -0.4 is 5.32 Å². The van der Waals surface area contributed by atoms with E-state index in [9.17, 15) is 9.18 Å². The molecule has 22 heavy (non-hydrogen) atoms. The molecule has 0 aliphatic heterocycles. The predicted molar refractivity (Wildman–Crippen MR) is 81.4 cm³/mol. The van der Waals surface area contributed by atoms with Crippen molar-refractivity contribution in [1.82, 2.24) is 9.78 Å². The van der Waals surface area contributed by atoms with Crippen molar-refractivity contribution >= 4 is 22.6 Å². The fourth-order valence-electron chi connectivity index (χ4n) is 2.28. The van der Waals surface area contributed by atoms with Gasteiger partial charge in [0.15, 0.2) is 0 Å². The molecular formula is C16H14FN3O2. The summed E-state index contributed by atoms with van der Waals surface area (Å²) in [5, 5.41) is 17.2. The lowest BCUT2D eigenvalue weighted by Gasteiger charge is -2.08. The van der Waals surface area contributed by atoms with Crippen LogP contribution in [-0.4, -0.2) is 20.9 Å². The molecule has 0 aliphatic rings. The van der Waals surface area contributed by atoms with Crippen LogP contribution in [0.2, 0.25) is 0 Å². The first-order valence-corrected chi connectivity index (χ1v) is 6.72. The molecule has 0 aliphatic carbocycles. The molecular weight excluding hydrogens is 285 g/mol. The van der Waals surface area contributed by atoms with Crippen molar-refractivity contribution in [3.63, 3.8) is 0 Å².